The van der Waals surface area contributed by atoms with Crippen molar-refractivity contribution in [2.45, 2.75) is 19.9 Å². The maximum absolute atomic E-state index is 5.30. The van der Waals surface area contributed by atoms with Gasteiger partial charge in [-0.05, 0) is 41.9 Å². The summed E-state index contributed by atoms with van der Waals surface area (Å²) in [4.78, 5) is 0. The monoisotopic (exact) mass is 323 g/mol. The molecule has 19 heavy (non-hydrogen) atoms. The van der Waals surface area contributed by atoms with Crippen molar-refractivity contribution in [3.8, 4) is 5.75 Å². The van der Waals surface area contributed by atoms with E-state index in [0.29, 0.717) is 0 Å². The summed E-state index contributed by atoms with van der Waals surface area (Å²) in [5, 5.41) is 7.83. The van der Waals surface area contributed by atoms with E-state index >= 15 is 0 Å². The van der Waals surface area contributed by atoms with Crippen LogP contribution in [0.4, 0.5) is 5.69 Å². The lowest BCUT2D eigenvalue weighted by atomic mass is 10.1. The number of anilines is 1. The molecule has 0 amide bonds. The third-order valence-corrected chi connectivity index (χ3v) is 3.71. The van der Waals surface area contributed by atoms with Crippen LogP contribution in [-0.2, 0) is 7.05 Å². The van der Waals surface area contributed by atoms with Crippen LogP contribution in [0.25, 0.3) is 0 Å². The van der Waals surface area contributed by atoms with Gasteiger partial charge >= 0.3 is 0 Å². The Kier molecular flexibility index (Phi) is 4.14. The van der Waals surface area contributed by atoms with Crippen molar-refractivity contribution in [3.63, 3.8) is 0 Å². The topological polar surface area (TPSA) is 39.1 Å². The second kappa shape index (κ2) is 5.65. The molecule has 102 valence electrons. The summed E-state index contributed by atoms with van der Waals surface area (Å²) in [6.07, 6.45) is 2.04. The van der Waals surface area contributed by atoms with E-state index in [-0.39, 0.29) is 6.04 Å². The fourth-order valence-electron chi connectivity index (χ4n) is 2.12. The molecule has 0 aliphatic carbocycles. The van der Waals surface area contributed by atoms with Gasteiger partial charge in [0.05, 0.1) is 23.3 Å². The lowest BCUT2D eigenvalue weighted by Crippen LogP contribution is -2.07. The van der Waals surface area contributed by atoms with E-state index in [1.807, 2.05) is 43.0 Å². The first kappa shape index (κ1) is 13.9. The van der Waals surface area contributed by atoms with Gasteiger partial charge in [0.15, 0.2) is 0 Å². The standard InChI is InChI=1S/C14H18BrN3O/c1-9(12-8-18(3)17-10(12)2)16-11-5-6-13(15)14(7-11)19-4/h5-9,16H,1-4H3. The van der Waals surface area contributed by atoms with Crippen LogP contribution in [0.1, 0.15) is 24.2 Å². The van der Waals surface area contributed by atoms with Gasteiger partial charge in [0, 0.05) is 30.6 Å². The van der Waals surface area contributed by atoms with Crippen LogP contribution in [0.15, 0.2) is 28.9 Å². The number of methoxy groups -OCH3 is 1. The molecule has 1 aromatic heterocycles. The van der Waals surface area contributed by atoms with Gasteiger partial charge in [0.2, 0.25) is 0 Å². The van der Waals surface area contributed by atoms with Gasteiger partial charge in [0.1, 0.15) is 5.75 Å². The van der Waals surface area contributed by atoms with E-state index in [1.54, 1.807) is 7.11 Å². The normalized spacial score (nSPS) is 12.3. The van der Waals surface area contributed by atoms with Crippen molar-refractivity contribution < 1.29 is 4.74 Å². The zero-order chi connectivity index (χ0) is 14.0. The van der Waals surface area contributed by atoms with Crippen LogP contribution in [0, 0.1) is 6.92 Å². The molecule has 0 aliphatic rings. The average molecular weight is 324 g/mol. The zero-order valence-electron chi connectivity index (χ0n) is 11.6. The smallest absolute Gasteiger partial charge is 0.135 e. The first-order chi connectivity index (χ1) is 9.01. The number of aromatic nitrogens is 2. The second-order valence-corrected chi connectivity index (χ2v) is 5.41. The van der Waals surface area contributed by atoms with Gasteiger partial charge in [-0.1, -0.05) is 0 Å². The molecule has 0 radical (unpaired) electrons. The Bertz CT molecular complexity index is 580. The maximum Gasteiger partial charge on any atom is 0.135 e. The van der Waals surface area contributed by atoms with Crippen molar-refractivity contribution in [2.24, 2.45) is 7.05 Å². The van der Waals surface area contributed by atoms with Gasteiger partial charge in [-0.15, -0.1) is 0 Å². The minimum Gasteiger partial charge on any atom is -0.495 e. The molecule has 0 aliphatic heterocycles. The maximum atomic E-state index is 5.30. The van der Waals surface area contributed by atoms with E-state index in [0.717, 1.165) is 21.6 Å². The molecule has 1 atom stereocenters. The Morgan fingerprint density at radius 3 is 2.74 bits per heavy atom. The van der Waals surface area contributed by atoms with Crippen LogP contribution >= 0.6 is 15.9 Å². The van der Waals surface area contributed by atoms with E-state index < -0.39 is 0 Å². The number of halogens is 1. The quantitative estimate of drug-likeness (QED) is 0.933. The number of benzene rings is 1. The summed E-state index contributed by atoms with van der Waals surface area (Å²) in [5.74, 6) is 0.820. The number of rotatable bonds is 4. The summed E-state index contributed by atoms with van der Waals surface area (Å²) in [6, 6.07) is 6.17. The molecule has 1 heterocycles. The van der Waals surface area contributed by atoms with Gasteiger partial charge in [-0.25, -0.2) is 0 Å². The Balaban J connectivity index is 2.19. The molecule has 1 unspecified atom stereocenters. The van der Waals surface area contributed by atoms with Crippen LogP contribution in [0.3, 0.4) is 0 Å². The van der Waals surface area contributed by atoms with Gasteiger partial charge < -0.3 is 10.1 Å². The lowest BCUT2D eigenvalue weighted by Gasteiger charge is -2.15. The first-order valence-electron chi connectivity index (χ1n) is 6.11. The molecule has 0 saturated carbocycles. The second-order valence-electron chi connectivity index (χ2n) is 4.56. The van der Waals surface area contributed by atoms with Crippen LogP contribution in [-0.4, -0.2) is 16.9 Å². The molecule has 5 heteroatoms. The first-order valence-corrected chi connectivity index (χ1v) is 6.90. The zero-order valence-corrected chi connectivity index (χ0v) is 13.2. The molecule has 4 nitrogen and oxygen atoms in total. The summed E-state index contributed by atoms with van der Waals surface area (Å²) in [6.45, 7) is 4.15. The van der Waals surface area contributed by atoms with E-state index in [1.165, 1.54) is 5.56 Å². The number of hydrogen-bond acceptors (Lipinski definition) is 3. The van der Waals surface area contributed by atoms with Crippen molar-refractivity contribution in [3.05, 3.63) is 40.1 Å². The van der Waals surface area contributed by atoms with Crippen LogP contribution < -0.4 is 10.1 Å². The van der Waals surface area contributed by atoms with Crippen molar-refractivity contribution in [1.29, 1.82) is 0 Å². The summed E-state index contributed by atoms with van der Waals surface area (Å²) in [7, 11) is 3.60. The molecule has 0 fully saturated rings. The van der Waals surface area contributed by atoms with Crippen LogP contribution in [0.5, 0.6) is 5.75 Å². The molecular weight excluding hydrogens is 306 g/mol. The highest BCUT2D eigenvalue weighted by Gasteiger charge is 2.12. The third-order valence-electron chi connectivity index (χ3n) is 3.05. The minimum absolute atomic E-state index is 0.194. The van der Waals surface area contributed by atoms with E-state index in [2.05, 4.69) is 33.3 Å². The van der Waals surface area contributed by atoms with Crippen LogP contribution in [0.2, 0.25) is 0 Å². The Hall–Kier alpha value is -1.49. The number of nitrogens with one attached hydrogen (secondary N) is 1. The number of nitrogens with zero attached hydrogens (tertiary/aromatic N) is 2. The number of aryl methyl sites for hydroxylation is 2. The van der Waals surface area contributed by atoms with Gasteiger partial charge in [-0.3, -0.25) is 4.68 Å². The predicted molar refractivity (Wildman–Crippen MR) is 80.7 cm³/mol. The highest BCUT2D eigenvalue weighted by Crippen LogP contribution is 2.30. The van der Waals surface area contributed by atoms with E-state index in [9.17, 15) is 0 Å². The highest BCUT2D eigenvalue weighted by atomic mass is 79.9. The molecule has 1 N–H and O–H groups in total. The Morgan fingerprint density at radius 1 is 1.42 bits per heavy atom. The SMILES string of the molecule is COc1cc(NC(C)c2cn(C)nc2C)ccc1Br. The summed E-state index contributed by atoms with van der Waals surface area (Å²) >= 11 is 3.45. The third kappa shape index (κ3) is 3.10. The molecule has 2 rings (SSSR count). The fourth-order valence-corrected chi connectivity index (χ4v) is 2.53. The lowest BCUT2D eigenvalue weighted by molar-refractivity contribution is 0.412. The van der Waals surface area contributed by atoms with E-state index in [4.69, 9.17) is 4.74 Å². The highest BCUT2D eigenvalue weighted by molar-refractivity contribution is 9.10. The summed E-state index contributed by atoms with van der Waals surface area (Å²) in [5.41, 5.74) is 3.27. The fraction of sp³-hybridized carbons (Fsp3) is 0.357. The summed E-state index contributed by atoms with van der Waals surface area (Å²) < 4.78 is 8.09. The van der Waals surface area contributed by atoms with Gasteiger partial charge in [0.25, 0.3) is 0 Å². The molecule has 0 bridgehead atoms. The molecule has 0 saturated heterocycles. The number of ether oxygens (including phenoxy) is 1. The van der Waals surface area contributed by atoms with Crippen molar-refractivity contribution in [2.75, 3.05) is 12.4 Å². The Morgan fingerprint density at radius 2 is 2.16 bits per heavy atom. The molecule has 0 spiro atoms. The largest absolute Gasteiger partial charge is 0.495 e. The molecule has 1 aromatic carbocycles. The van der Waals surface area contributed by atoms with Crippen molar-refractivity contribution >= 4 is 21.6 Å². The predicted octanol–water partition coefficient (Wildman–Crippen LogP) is 3.67. The van der Waals surface area contributed by atoms with Gasteiger partial charge in [-0.2, -0.15) is 5.10 Å². The minimum atomic E-state index is 0.194. The number of hydrogen-bond donors (Lipinski definition) is 1. The molecule has 2 aromatic rings. The Labute approximate surface area is 121 Å². The van der Waals surface area contributed by atoms with Crippen molar-refractivity contribution in [1.82, 2.24) is 9.78 Å². The average Bonchev–Trinajstić information content (AvgIpc) is 2.71. The molecular formula is C14H18BrN3O.